The number of carbonyl (C=O) groups excluding carboxylic acids is 2. The maximum Gasteiger partial charge on any atom is 0.324 e. The van der Waals surface area contributed by atoms with Gasteiger partial charge in [-0.25, -0.2) is 13.2 Å². The van der Waals surface area contributed by atoms with E-state index in [1.54, 1.807) is 12.1 Å². The number of nitriles is 1. The Morgan fingerprint density at radius 1 is 1.26 bits per heavy atom. The first kappa shape index (κ1) is 15.5. The van der Waals surface area contributed by atoms with Crippen LogP contribution in [-0.2, 0) is 14.8 Å². The Bertz CT molecular complexity index is 798. The SMILES string of the molecule is N#Cc1ccccc1S(=O)(=O)N1CCC(N2C(=O)CNC2=O)C1. The number of nitrogens with one attached hydrogen (secondary N) is 1. The Balaban J connectivity index is 1.85. The van der Waals surface area contributed by atoms with Gasteiger partial charge >= 0.3 is 6.03 Å². The molecule has 0 aromatic heterocycles. The van der Waals surface area contributed by atoms with Gasteiger partial charge in [-0.3, -0.25) is 9.69 Å². The van der Waals surface area contributed by atoms with Gasteiger partial charge in [0.1, 0.15) is 6.07 Å². The molecule has 0 saturated carbocycles. The summed E-state index contributed by atoms with van der Waals surface area (Å²) in [6.07, 6.45) is 0.382. The Hall–Kier alpha value is -2.44. The third kappa shape index (κ3) is 2.56. The molecule has 2 aliphatic heterocycles. The van der Waals surface area contributed by atoms with Crippen LogP contribution in [0.1, 0.15) is 12.0 Å². The summed E-state index contributed by atoms with van der Waals surface area (Å²) in [4.78, 5) is 24.4. The van der Waals surface area contributed by atoms with Gasteiger partial charge in [0.2, 0.25) is 15.9 Å². The van der Waals surface area contributed by atoms with Crippen molar-refractivity contribution in [2.75, 3.05) is 19.6 Å². The topological polar surface area (TPSA) is 111 Å². The highest BCUT2D eigenvalue weighted by Gasteiger charge is 2.42. The second-order valence-electron chi connectivity index (χ2n) is 5.34. The molecule has 3 rings (SSSR count). The van der Waals surface area contributed by atoms with Crippen molar-refractivity contribution < 1.29 is 18.0 Å². The maximum atomic E-state index is 12.7. The van der Waals surface area contributed by atoms with Gasteiger partial charge in [-0.15, -0.1) is 0 Å². The van der Waals surface area contributed by atoms with Crippen molar-refractivity contribution >= 4 is 22.0 Å². The highest BCUT2D eigenvalue weighted by molar-refractivity contribution is 7.89. The Morgan fingerprint density at radius 3 is 2.65 bits per heavy atom. The zero-order chi connectivity index (χ0) is 16.6. The van der Waals surface area contributed by atoms with E-state index in [0.717, 1.165) is 4.90 Å². The molecule has 120 valence electrons. The second kappa shape index (κ2) is 5.64. The third-order valence-corrected chi connectivity index (χ3v) is 5.92. The molecule has 23 heavy (non-hydrogen) atoms. The fourth-order valence-corrected chi connectivity index (χ4v) is 4.50. The van der Waals surface area contributed by atoms with E-state index >= 15 is 0 Å². The number of rotatable bonds is 3. The van der Waals surface area contributed by atoms with Gasteiger partial charge in [-0.2, -0.15) is 9.57 Å². The Morgan fingerprint density at radius 2 is 2.00 bits per heavy atom. The number of hydrogen-bond donors (Lipinski definition) is 1. The maximum absolute atomic E-state index is 12.7. The van der Waals surface area contributed by atoms with Crippen LogP contribution in [-0.4, -0.2) is 55.2 Å². The summed E-state index contributed by atoms with van der Waals surface area (Å²) in [5.74, 6) is -0.350. The minimum absolute atomic E-state index is 0.0429. The average molecular weight is 334 g/mol. The molecule has 0 aliphatic carbocycles. The van der Waals surface area contributed by atoms with Crippen molar-refractivity contribution in [3.8, 4) is 6.07 Å². The second-order valence-corrected chi connectivity index (χ2v) is 7.24. The molecule has 2 aliphatic rings. The van der Waals surface area contributed by atoms with E-state index in [4.69, 9.17) is 5.26 Å². The lowest BCUT2D eigenvalue weighted by molar-refractivity contribution is -0.126. The smallest absolute Gasteiger partial charge is 0.324 e. The minimum Gasteiger partial charge on any atom is -0.329 e. The molecule has 3 amide bonds. The number of amides is 3. The zero-order valence-corrected chi connectivity index (χ0v) is 12.9. The van der Waals surface area contributed by atoms with Crippen LogP contribution < -0.4 is 5.32 Å². The predicted molar refractivity (Wildman–Crippen MR) is 78.6 cm³/mol. The van der Waals surface area contributed by atoms with E-state index in [2.05, 4.69) is 5.32 Å². The van der Waals surface area contributed by atoms with Crippen LogP contribution in [0.2, 0.25) is 0 Å². The summed E-state index contributed by atoms with van der Waals surface area (Å²) in [5.41, 5.74) is 0.0749. The van der Waals surface area contributed by atoms with E-state index < -0.39 is 22.1 Å². The summed E-state index contributed by atoms with van der Waals surface area (Å²) in [7, 11) is -3.84. The number of carbonyl (C=O) groups is 2. The zero-order valence-electron chi connectivity index (χ0n) is 12.1. The predicted octanol–water partition coefficient (Wildman–Crippen LogP) is -0.127. The van der Waals surface area contributed by atoms with Crippen molar-refractivity contribution in [1.82, 2.24) is 14.5 Å². The standard InChI is InChI=1S/C14H14N4O4S/c15-7-10-3-1-2-4-12(10)23(21,22)17-6-5-11(9-17)18-13(19)8-16-14(18)20/h1-4,11H,5-6,8-9H2,(H,16,20). The van der Waals surface area contributed by atoms with E-state index in [0.29, 0.717) is 6.42 Å². The molecule has 2 saturated heterocycles. The number of nitrogens with zero attached hydrogens (tertiary/aromatic N) is 3. The number of benzene rings is 1. The van der Waals surface area contributed by atoms with Crippen LogP contribution in [0.5, 0.6) is 0 Å². The van der Waals surface area contributed by atoms with Gasteiger partial charge in [0, 0.05) is 13.1 Å². The number of urea groups is 1. The monoisotopic (exact) mass is 334 g/mol. The molecule has 1 aromatic rings. The van der Waals surface area contributed by atoms with Crippen molar-refractivity contribution in [1.29, 1.82) is 5.26 Å². The molecular formula is C14H14N4O4S. The first-order valence-corrected chi connectivity index (χ1v) is 8.48. The lowest BCUT2D eigenvalue weighted by Gasteiger charge is -2.21. The molecule has 1 aromatic carbocycles. The van der Waals surface area contributed by atoms with E-state index in [1.165, 1.54) is 16.4 Å². The van der Waals surface area contributed by atoms with Crippen molar-refractivity contribution in [3.05, 3.63) is 29.8 Å². The van der Waals surface area contributed by atoms with E-state index in [1.807, 2.05) is 6.07 Å². The molecule has 0 spiro atoms. The van der Waals surface area contributed by atoms with E-state index in [9.17, 15) is 18.0 Å². The molecule has 0 radical (unpaired) electrons. The lowest BCUT2D eigenvalue weighted by atomic mass is 10.2. The molecule has 9 heteroatoms. The molecule has 2 fully saturated rings. The van der Waals surface area contributed by atoms with Crippen LogP contribution in [0.25, 0.3) is 0 Å². The van der Waals surface area contributed by atoms with Crippen LogP contribution in [0.4, 0.5) is 4.79 Å². The largest absolute Gasteiger partial charge is 0.329 e. The fourth-order valence-electron chi connectivity index (χ4n) is 2.87. The highest BCUT2D eigenvalue weighted by Crippen LogP contribution is 2.26. The molecular weight excluding hydrogens is 320 g/mol. The minimum atomic E-state index is -3.84. The van der Waals surface area contributed by atoms with Crippen molar-refractivity contribution in [3.63, 3.8) is 0 Å². The Labute approximate surface area is 133 Å². The first-order chi connectivity index (χ1) is 10.9. The van der Waals surface area contributed by atoms with Crippen LogP contribution in [0, 0.1) is 11.3 Å². The molecule has 1 atom stereocenters. The molecule has 1 N–H and O–H groups in total. The first-order valence-electron chi connectivity index (χ1n) is 7.04. The lowest BCUT2D eigenvalue weighted by Crippen LogP contribution is -2.42. The van der Waals surface area contributed by atoms with Crippen LogP contribution in [0.15, 0.2) is 29.2 Å². The Kier molecular flexibility index (Phi) is 3.79. The van der Waals surface area contributed by atoms with Gasteiger partial charge in [-0.1, -0.05) is 12.1 Å². The van der Waals surface area contributed by atoms with Gasteiger partial charge in [0.15, 0.2) is 0 Å². The normalized spacial score (nSPS) is 22.2. The summed E-state index contributed by atoms with van der Waals surface area (Å²) >= 11 is 0. The van der Waals surface area contributed by atoms with Gasteiger partial charge in [0.05, 0.1) is 23.0 Å². The summed E-state index contributed by atoms with van der Waals surface area (Å²) in [5, 5.41) is 11.5. The van der Waals surface area contributed by atoms with E-state index in [-0.39, 0.29) is 36.0 Å². The molecule has 1 unspecified atom stereocenters. The number of sulfonamides is 1. The quantitative estimate of drug-likeness (QED) is 0.774. The molecule has 8 nitrogen and oxygen atoms in total. The molecule has 0 bridgehead atoms. The molecule has 2 heterocycles. The summed E-state index contributed by atoms with van der Waals surface area (Å²) < 4.78 is 26.6. The summed E-state index contributed by atoms with van der Waals surface area (Å²) in [6, 6.07) is 6.88. The van der Waals surface area contributed by atoms with Gasteiger partial charge < -0.3 is 5.32 Å². The highest BCUT2D eigenvalue weighted by atomic mass is 32.2. The van der Waals surface area contributed by atoms with Crippen LogP contribution in [0.3, 0.4) is 0 Å². The van der Waals surface area contributed by atoms with Crippen molar-refractivity contribution in [2.24, 2.45) is 0 Å². The van der Waals surface area contributed by atoms with Gasteiger partial charge in [0.25, 0.3) is 0 Å². The van der Waals surface area contributed by atoms with Gasteiger partial charge in [-0.05, 0) is 18.6 Å². The third-order valence-electron chi connectivity index (χ3n) is 3.99. The van der Waals surface area contributed by atoms with Crippen molar-refractivity contribution in [2.45, 2.75) is 17.4 Å². The number of hydrogen-bond acceptors (Lipinski definition) is 5. The van der Waals surface area contributed by atoms with Crippen LogP contribution >= 0.6 is 0 Å². The average Bonchev–Trinajstić information content (AvgIpc) is 3.14. The number of imide groups is 1. The fraction of sp³-hybridized carbons (Fsp3) is 0.357. The summed E-state index contributed by atoms with van der Waals surface area (Å²) in [6.45, 7) is 0.185.